The van der Waals surface area contributed by atoms with Gasteiger partial charge in [-0.15, -0.1) is 0 Å². The molecule has 0 aliphatic carbocycles. The molecule has 0 heterocycles. The van der Waals surface area contributed by atoms with Gasteiger partial charge >= 0.3 is 28.5 Å². The Hall–Kier alpha value is -2.78. The summed E-state index contributed by atoms with van der Waals surface area (Å²) in [4.78, 5) is 43.8. The third-order valence-electron chi connectivity index (χ3n) is 3.59. The summed E-state index contributed by atoms with van der Waals surface area (Å²) in [5.41, 5.74) is 0.915. The van der Waals surface area contributed by atoms with E-state index in [1.165, 1.54) is 12.1 Å². The molecule has 2 aromatic rings. The summed E-state index contributed by atoms with van der Waals surface area (Å²) in [5, 5.41) is 14.4. The van der Waals surface area contributed by atoms with E-state index in [0.717, 1.165) is 0 Å². The van der Waals surface area contributed by atoms with Crippen LogP contribution in [0.25, 0.3) is 0 Å². The van der Waals surface area contributed by atoms with E-state index in [9.17, 15) is 19.2 Å². The Balaban J connectivity index is 0.000000536. The van der Waals surface area contributed by atoms with E-state index in [2.05, 4.69) is 10.6 Å². The molecule has 2 amide bonds. The van der Waals surface area contributed by atoms with E-state index in [4.69, 9.17) is 36.0 Å². The minimum atomic E-state index is -1.44. The molecule has 0 bridgehead atoms. The Kier molecular flexibility index (Phi) is 14.6. The average molecular weight is 526 g/mol. The molecule has 2 rings (SSSR count). The average Bonchev–Trinajstić information content (AvgIpc) is 2.74. The number of carboxylic acid groups (broad SMARTS) is 1. The molecule has 9 nitrogen and oxygen atoms in total. The van der Waals surface area contributed by atoms with Crippen LogP contribution in [-0.2, 0) is 32.1 Å². The van der Waals surface area contributed by atoms with Crippen molar-refractivity contribution in [1.29, 1.82) is 0 Å². The molecule has 0 unspecified atom stereocenters. The van der Waals surface area contributed by atoms with Crippen molar-refractivity contribution in [1.82, 2.24) is 0 Å². The zero-order valence-electron chi connectivity index (χ0n) is 17.0. The number of halogens is 2. The molecule has 12 heteroatoms. The van der Waals surface area contributed by atoms with Gasteiger partial charge in [-0.2, -0.15) is 0 Å². The summed E-state index contributed by atoms with van der Waals surface area (Å²) in [7, 11) is 0. The number of hydrogen-bond acceptors (Lipinski definition) is 6. The molecule has 0 saturated carbocycles. The Morgan fingerprint density at radius 1 is 0.906 bits per heavy atom. The maximum absolute atomic E-state index is 11.1. The molecule has 32 heavy (non-hydrogen) atoms. The number of carbonyl (C=O) groups is 4. The number of benzene rings is 2. The van der Waals surface area contributed by atoms with Gasteiger partial charge in [-0.1, -0.05) is 49.2 Å². The van der Waals surface area contributed by atoms with E-state index in [1.54, 1.807) is 38.1 Å². The van der Waals surface area contributed by atoms with Crippen LogP contribution in [-0.4, -0.2) is 29.2 Å². The summed E-state index contributed by atoms with van der Waals surface area (Å²) in [6.45, 7) is 3.42. The van der Waals surface area contributed by atoms with Crippen molar-refractivity contribution in [3.8, 4) is 0 Å². The van der Waals surface area contributed by atoms with Crippen LogP contribution in [0.5, 0.6) is 0 Å². The predicted octanol–water partition coefficient (Wildman–Crippen LogP) is 4.65. The second-order valence-corrected chi connectivity index (χ2v) is 6.66. The topological polar surface area (TPSA) is 147 Å². The number of amides is 2. The number of carbonyl (C=O) groups excluding carboxylic acids is 3. The number of nitrogens with one attached hydrogen (secondary N) is 2. The van der Waals surface area contributed by atoms with E-state index < -0.39 is 20.8 Å². The van der Waals surface area contributed by atoms with Gasteiger partial charge in [-0.25, -0.2) is 4.79 Å². The van der Waals surface area contributed by atoms with Crippen LogP contribution in [0.2, 0.25) is 10.0 Å². The molecule has 0 atom stereocenters. The van der Waals surface area contributed by atoms with Crippen LogP contribution in [0.1, 0.15) is 47.4 Å². The number of rotatable bonds is 6. The standard InChI is InChI=1S/C10H10ClNO3.C10H10ClNO2.Mn.2O/c1-2-8(13)12-7-5-3-4-6(11)9(7)10(14)15;1-2-10(14)12-9-5-3-4-8(11)7(9)6-13;;;/h3-5H,2H2,1H3,(H,12,13)(H,14,15);3-6H,2H2,1H3,(H,12,14);;;. The first-order valence-corrected chi connectivity index (χ1v) is 10.6. The van der Waals surface area contributed by atoms with Crippen molar-refractivity contribution in [3.63, 3.8) is 0 Å². The quantitative estimate of drug-likeness (QED) is 0.367. The van der Waals surface area contributed by atoms with Crippen molar-refractivity contribution in [3.05, 3.63) is 57.6 Å². The maximum atomic E-state index is 11.1. The van der Waals surface area contributed by atoms with Crippen molar-refractivity contribution in [2.45, 2.75) is 26.7 Å². The van der Waals surface area contributed by atoms with Crippen LogP contribution in [0, 0.1) is 0 Å². The summed E-state index contributed by atoms with van der Waals surface area (Å²) in [6.07, 6.45) is 1.28. The number of carboxylic acids is 1. The van der Waals surface area contributed by atoms with Crippen molar-refractivity contribution < 1.29 is 46.8 Å². The van der Waals surface area contributed by atoms with E-state index in [1.807, 2.05) is 0 Å². The van der Waals surface area contributed by atoms with Gasteiger partial charge in [-0.05, 0) is 24.3 Å². The van der Waals surface area contributed by atoms with Gasteiger partial charge in [0.25, 0.3) is 0 Å². The van der Waals surface area contributed by atoms with E-state index >= 15 is 0 Å². The van der Waals surface area contributed by atoms with Gasteiger partial charge in [0.2, 0.25) is 11.8 Å². The summed E-state index contributed by atoms with van der Waals surface area (Å²) >= 11 is 10.1. The van der Waals surface area contributed by atoms with Crippen molar-refractivity contribution >= 4 is 58.6 Å². The van der Waals surface area contributed by atoms with Crippen molar-refractivity contribution in [2.24, 2.45) is 0 Å². The molecular weight excluding hydrogens is 506 g/mol. The zero-order valence-corrected chi connectivity index (χ0v) is 19.7. The van der Waals surface area contributed by atoms with Crippen LogP contribution < -0.4 is 10.6 Å². The van der Waals surface area contributed by atoms with Gasteiger partial charge in [0.05, 0.1) is 27.0 Å². The van der Waals surface area contributed by atoms with Gasteiger partial charge in [0, 0.05) is 12.8 Å². The number of aldehydes is 1. The molecule has 0 radical (unpaired) electrons. The Bertz CT molecular complexity index is 1010. The SMILES string of the molecule is CCC(=O)Nc1cccc(Cl)c1C(=O)O.CCC(=O)Nc1cccc(Cl)c1C=O.[O]=[Mn]=[O]. The zero-order chi connectivity index (χ0) is 24.7. The fourth-order valence-corrected chi connectivity index (χ4v) is 2.56. The van der Waals surface area contributed by atoms with Crippen LogP contribution >= 0.6 is 23.2 Å². The molecule has 3 N–H and O–H groups in total. The fraction of sp³-hybridized carbons (Fsp3) is 0.200. The van der Waals surface area contributed by atoms with Gasteiger partial charge in [0.1, 0.15) is 5.56 Å². The van der Waals surface area contributed by atoms with E-state index in [-0.39, 0.29) is 34.5 Å². The van der Waals surface area contributed by atoms with Gasteiger partial charge < -0.3 is 15.7 Å². The van der Waals surface area contributed by atoms with Crippen molar-refractivity contribution in [2.75, 3.05) is 10.6 Å². The molecule has 0 saturated heterocycles. The molecule has 2 aromatic carbocycles. The Morgan fingerprint density at radius 3 is 1.78 bits per heavy atom. The third-order valence-corrected chi connectivity index (χ3v) is 4.23. The molecule has 0 aliphatic rings. The molecule has 0 aliphatic heterocycles. The summed E-state index contributed by atoms with van der Waals surface area (Å²) in [5.74, 6) is -1.55. The van der Waals surface area contributed by atoms with Crippen LogP contribution in [0.3, 0.4) is 0 Å². The second-order valence-electron chi connectivity index (χ2n) is 5.65. The number of anilines is 2. The first kappa shape index (κ1) is 29.2. The Labute approximate surface area is 200 Å². The van der Waals surface area contributed by atoms with Gasteiger partial charge in [-0.3, -0.25) is 14.4 Å². The minimum absolute atomic E-state index is 0.0824. The number of hydrogen-bond donors (Lipinski definition) is 3. The first-order valence-electron chi connectivity index (χ1n) is 8.91. The van der Waals surface area contributed by atoms with Crippen LogP contribution in [0.4, 0.5) is 11.4 Å². The van der Waals surface area contributed by atoms with Gasteiger partial charge in [0.15, 0.2) is 6.29 Å². The normalized spacial score (nSPS) is 9.12. The third kappa shape index (κ3) is 10.0. The van der Waals surface area contributed by atoms with E-state index in [0.29, 0.717) is 29.0 Å². The fourth-order valence-electron chi connectivity index (χ4n) is 2.09. The van der Waals surface area contributed by atoms with Crippen LogP contribution in [0.15, 0.2) is 36.4 Å². The predicted molar refractivity (Wildman–Crippen MR) is 114 cm³/mol. The first-order chi connectivity index (χ1) is 15.2. The Morgan fingerprint density at radius 2 is 1.34 bits per heavy atom. The molecule has 0 spiro atoms. The molecular formula is C20H20Cl2MnN2O7. The second kappa shape index (κ2) is 15.9. The molecule has 0 aromatic heterocycles. The summed E-state index contributed by atoms with van der Waals surface area (Å²) in [6, 6.07) is 9.48. The molecule has 173 valence electrons. The monoisotopic (exact) mass is 525 g/mol. The summed E-state index contributed by atoms with van der Waals surface area (Å²) < 4.78 is 16.8. The molecule has 0 fully saturated rings. The number of aromatic carboxylic acids is 1.